The van der Waals surface area contributed by atoms with Crippen molar-refractivity contribution in [2.24, 2.45) is 5.92 Å². The molecule has 0 aromatic heterocycles. The molecule has 0 spiro atoms. The highest BCUT2D eigenvalue weighted by Crippen LogP contribution is 2.30. The summed E-state index contributed by atoms with van der Waals surface area (Å²) in [5, 5.41) is 9.08. The molecule has 8 nitrogen and oxygen atoms in total. The molecule has 9 heteroatoms. The van der Waals surface area contributed by atoms with Gasteiger partial charge in [-0.15, -0.1) is 0 Å². The molecular formula is C28H40N4O4S. The number of nitrogens with zero attached hydrogens (tertiary/aromatic N) is 1. The molecular weight excluding hydrogens is 488 g/mol. The van der Waals surface area contributed by atoms with E-state index in [1.165, 1.54) is 0 Å². The number of thiol groups is 1. The minimum atomic E-state index is -0.658. The standard InChI is InChI=1S/C28H40N4O4S/c33-25-17-19-8-6-9-20(16-19)18-29-26(34)23(12-2-1-5-15-37)31-27(35)24-13-7-14-32(24)28(36)21-10-3-4-11-22(21)30-25/h6,8-9,16,21-24,37H,1-5,7,10-15,17-18H2,(H,29,34)(H,30,33)(H,31,35)/t21-,22+,23-,24+/m0/s1. The smallest absolute Gasteiger partial charge is 0.243 e. The highest BCUT2D eigenvalue weighted by Gasteiger charge is 2.41. The number of unbranched alkanes of at least 4 members (excludes halogenated alkanes) is 2. The number of nitrogens with one attached hydrogen (secondary N) is 3. The zero-order valence-electron chi connectivity index (χ0n) is 21.5. The predicted octanol–water partition coefficient (Wildman–Crippen LogP) is 2.50. The molecule has 1 saturated carbocycles. The number of rotatable bonds is 5. The van der Waals surface area contributed by atoms with E-state index in [0.29, 0.717) is 32.4 Å². The van der Waals surface area contributed by atoms with Crippen molar-refractivity contribution in [3.05, 3.63) is 35.4 Å². The van der Waals surface area contributed by atoms with Crippen LogP contribution < -0.4 is 16.0 Å². The van der Waals surface area contributed by atoms with Crippen LogP contribution in [0.3, 0.4) is 0 Å². The van der Waals surface area contributed by atoms with Crippen molar-refractivity contribution >= 4 is 36.3 Å². The quantitative estimate of drug-likeness (QED) is 0.348. The van der Waals surface area contributed by atoms with E-state index in [2.05, 4.69) is 28.6 Å². The Labute approximate surface area is 225 Å². The molecule has 2 bridgehead atoms. The summed E-state index contributed by atoms with van der Waals surface area (Å²) >= 11 is 4.27. The lowest BCUT2D eigenvalue weighted by atomic mass is 9.83. The molecule has 0 unspecified atom stereocenters. The SMILES string of the molecule is O=C1Cc2cccc(c2)CNC(=O)[C@H](CCCCCS)NC(=O)[C@H]2CCCN2C(=O)[C@H]2CCCC[C@H]2N1. The van der Waals surface area contributed by atoms with Crippen LogP contribution in [0.25, 0.3) is 0 Å². The molecule has 2 heterocycles. The monoisotopic (exact) mass is 528 g/mol. The Morgan fingerprint density at radius 1 is 0.892 bits per heavy atom. The van der Waals surface area contributed by atoms with E-state index in [1.54, 1.807) is 4.90 Å². The summed E-state index contributed by atoms with van der Waals surface area (Å²) in [5.74, 6) is -0.180. The minimum absolute atomic E-state index is 0.0521. The van der Waals surface area contributed by atoms with Gasteiger partial charge in [0.2, 0.25) is 23.6 Å². The maximum Gasteiger partial charge on any atom is 0.243 e. The van der Waals surface area contributed by atoms with Crippen LogP contribution in [0.15, 0.2) is 24.3 Å². The van der Waals surface area contributed by atoms with Crippen molar-refractivity contribution in [1.82, 2.24) is 20.9 Å². The summed E-state index contributed by atoms with van der Waals surface area (Å²) in [7, 11) is 0. The molecule has 4 atom stereocenters. The van der Waals surface area contributed by atoms with E-state index in [9.17, 15) is 19.2 Å². The summed E-state index contributed by atoms with van der Waals surface area (Å²) in [6, 6.07) is 6.18. The van der Waals surface area contributed by atoms with Gasteiger partial charge in [0, 0.05) is 19.1 Å². The first-order chi connectivity index (χ1) is 18.0. The largest absolute Gasteiger partial charge is 0.352 e. The second-order valence-corrected chi connectivity index (χ2v) is 11.1. The summed E-state index contributed by atoms with van der Waals surface area (Å²) in [6.45, 7) is 0.842. The fourth-order valence-electron chi connectivity index (χ4n) is 5.89. The first kappa shape index (κ1) is 27.5. The van der Waals surface area contributed by atoms with Crippen LogP contribution in [-0.4, -0.2) is 59.0 Å². The molecule has 1 aromatic carbocycles. The van der Waals surface area contributed by atoms with Crippen molar-refractivity contribution in [2.45, 2.75) is 95.3 Å². The summed E-state index contributed by atoms with van der Waals surface area (Å²) in [4.78, 5) is 54.9. The van der Waals surface area contributed by atoms with E-state index in [4.69, 9.17) is 0 Å². The third kappa shape index (κ3) is 7.27. The average molecular weight is 529 g/mol. The summed E-state index contributed by atoms with van der Waals surface area (Å²) in [5.41, 5.74) is 1.76. The van der Waals surface area contributed by atoms with Gasteiger partial charge in [-0.2, -0.15) is 12.6 Å². The van der Waals surface area contributed by atoms with Crippen LogP contribution in [0.1, 0.15) is 75.3 Å². The van der Waals surface area contributed by atoms with Crippen LogP contribution in [0.5, 0.6) is 0 Å². The molecule has 2 aliphatic heterocycles. The number of hydrogen-bond donors (Lipinski definition) is 4. The number of carbonyl (C=O) groups excluding carboxylic acids is 4. The van der Waals surface area contributed by atoms with Gasteiger partial charge in [0.25, 0.3) is 0 Å². The lowest BCUT2D eigenvalue weighted by Gasteiger charge is -2.35. The molecule has 37 heavy (non-hydrogen) atoms. The fourth-order valence-corrected chi connectivity index (χ4v) is 6.12. The van der Waals surface area contributed by atoms with Crippen molar-refractivity contribution in [2.75, 3.05) is 12.3 Å². The summed E-state index contributed by atoms with van der Waals surface area (Å²) < 4.78 is 0. The van der Waals surface area contributed by atoms with Crippen LogP contribution in [0.4, 0.5) is 0 Å². The average Bonchev–Trinajstić information content (AvgIpc) is 3.39. The van der Waals surface area contributed by atoms with Gasteiger partial charge in [0.1, 0.15) is 12.1 Å². The van der Waals surface area contributed by atoms with E-state index in [-0.39, 0.29) is 42.0 Å². The van der Waals surface area contributed by atoms with E-state index >= 15 is 0 Å². The maximum absolute atomic E-state index is 13.7. The van der Waals surface area contributed by atoms with Crippen molar-refractivity contribution in [1.29, 1.82) is 0 Å². The van der Waals surface area contributed by atoms with Gasteiger partial charge in [-0.3, -0.25) is 19.2 Å². The molecule has 3 N–H and O–H groups in total. The van der Waals surface area contributed by atoms with Gasteiger partial charge in [-0.1, -0.05) is 49.9 Å². The van der Waals surface area contributed by atoms with Crippen LogP contribution in [-0.2, 0) is 32.1 Å². The van der Waals surface area contributed by atoms with Gasteiger partial charge in [0.15, 0.2) is 0 Å². The lowest BCUT2D eigenvalue weighted by Crippen LogP contribution is -2.55. The normalized spacial score (nSPS) is 27.4. The van der Waals surface area contributed by atoms with E-state index in [0.717, 1.165) is 61.8 Å². The van der Waals surface area contributed by atoms with Crippen molar-refractivity contribution < 1.29 is 19.2 Å². The number of hydrogen-bond acceptors (Lipinski definition) is 5. The van der Waals surface area contributed by atoms with Crippen LogP contribution >= 0.6 is 12.6 Å². The maximum atomic E-state index is 13.7. The van der Waals surface area contributed by atoms with Gasteiger partial charge in [0.05, 0.1) is 12.3 Å². The lowest BCUT2D eigenvalue weighted by molar-refractivity contribution is -0.144. The third-order valence-electron chi connectivity index (χ3n) is 7.87. The highest BCUT2D eigenvalue weighted by atomic mass is 32.1. The number of carbonyl (C=O) groups is 4. The number of benzene rings is 1. The molecule has 2 fully saturated rings. The zero-order chi connectivity index (χ0) is 26.2. The Hall–Kier alpha value is -2.55. The zero-order valence-corrected chi connectivity index (χ0v) is 22.4. The molecule has 202 valence electrons. The third-order valence-corrected chi connectivity index (χ3v) is 8.19. The second kappa shape index (κ2) is 13.3. The first-order valence-electron chi connectivity index (χ1n) is 13.8. The fraction of sp³-hybridized carbons (Fsp3) is 0.643. The summed E-state index contributed by atoms with van der Waals surface area (Å²) in [6.07, 6.45) is 8.17. The molecule has 1 aliphatic carbocycles. The van der Waals surface area contributed by atoms with Gasteiger partial charge in [-0.25, -0.2) is 0 Å². The predicted molar refractivity (Wildman–Crippen MR) is 145 cm³/mol. The highest BCUT2D eigenvalue weighted by molar-refractivity contribution is 7.80. The number of fused-ring (bicyclic) bond motifs is 4. The Bertz CT molecular complexity index is 987. The van der Waals surface area contributed by atoms with Gasteiger partial charge >= 0.3 is 0 Å². The molecule has 1 aromatic rings. The molecule has 4 amide bonds. The van der Waals surface area contributed by atoms with Gasteiger partial charge < -0.3 is 20.9 Å². The Balaban J connectivity index is 1.59. The van der Waals surface area contributed by atoms with Crippen LogP contribution in [0, 0.1) is 5.92 Å². The second-order valence-electron chi connectivity index (χ2n) is 10.6. The van der Waals surface area contributed by atoms with Gasteiger partial charge in [-0.05, 0) is 55.4 Å². The van der Waals surface area contributed by atoms with Crippen molar-refractivity contribution in [3.8, 4) is 0 Å². The molecule has 1 saturated heterocycles. The van der Waals surface area contributed by atoms with Crippen molar-refractivity contribution in [3.63, 3.8) is 0 Å². The Kier molecular flexibility index (Phi) is 9.88. The first-order valence-corrected chi connectivity index (χ1v) is 14.5. The van der Waals surface area contributed by atoms with E-state index < -0.39 is 12.1 Å². The molecule has 0 radical (unpaired) electrons. The Morgan fingerprint density at radius 3 is 2.54 bits per heavy atom. The topological polar surface area (TPSA) is 108 Å². The minimum Gasteiger partial charge on any atom is -0.352 e. The number of amides is 4. The van der Waals surface area contributed by atoms with E-state index in [1.807, 2.05) is 24.3 Å². The Morgan fingerprint density at radius 2 is 1.70 bits per heavy atom. The molecule has 4 rings (SSSR count). The molecule has 3 aliphatic rings. The van der Waals surface area contributed by atoms with Crippen LogP contribution in [0.2, 0.25) is 0 Å².